The summed E-state index contributed by atoms with van der Waals surface area (Å²) in [7, 11) is 0. The topological polar surface area (TPSA) is 9.23 Å². The van der Waals surface area contributed by atoms with Crippen molar-refractivity contribution in [1.29, 1.82) is 0 Å². The van der Waals surface area contributed by atoms with Crippen LogP contribution in [0.2, 0.25) is 0 Å². The Bertz CT molecular complexity index is 319. The van der Waals surface area contributed by atoms with Gasteiger partial charge in [0.05, 0.1) is 6.61 Å². The minimum atomic E-state index is -0.676. The summed E-state index contributed by atoms with van der Waals surface area (Å²) in [5.41, 5.74) is -0.210. The standard InChI is InChI=1S/C11H14F2OS/c1-11(2,7-15)6-14-10-8(12)4-3-5-9(10)13/h3-5,15H,6-7H2,1-2H3. The Hall–Kier alpha value is -0.770. The van der Waals surface area contributed by atoms with E-state index in [-0.39, 0.29) is 17.8 Å². The van der Waals surface area contributed by atoms with Gasteiger partial charge in [-0.15, -0.1) is 0 Å². The molecule has 0 amide bonds. The average Bonchev–Trinajstić information content (AvgIpc) is 2.17. The molecule has 0 unspecified atom stereocenters. The van der Waals surface area contributed by atoms with Crippen molar-refractivity contribution in [3.8, 4) is 5.75 Å². The fourth-order valence-electron chi connectivity index (χ4n) is 0.934. The first kappa shape index (κ1) is 12.3. The number of halogens is 2. The Kier molecular flexibility index (Phi) is 3.97. The molecule has 0 saturated heterocycles. The van der Waals surface area contributed by atoms with Gasteiger partial charge in [-0.05, 0) is 17.9 Å². The molecule has 4 heteroatoms. The molecule has 0 saturated carbocycles. The first-order chi connectivity index (χ1) is 6.96. The quantitative estimate of drug-likeness (QED) is 0.784. The van der Waals surface area contributed by atoms with E-state index in [0.29, 0.717) is 5.75 Å². The van der Waals surface area contributed by atoms with Crippen LogP contribution < -0.4 is 4.74 Å². The van der Waals surface area contributed by atoms with Gasteiger partial charge in [0.25, 0.3) is 0 Å². The van der Waals surface area contributed by atoms with E-state index in [2.05, 4.69) is 12.6 Å². The van der Waals surface area contributed by atoms with Crippen molar-refractivity contribution < 1.29 is 13.5 Å². The first-order valence-corrected chi connectivity index (χ1v) is 5.27. The summed E-state index contributed by atoms with van der Waals surface area (Å²) in [6, 6.07) is 3.65. The van der Waals surface area contributed by atoms with Crippen LogP contribution >= 0.6 is 12.6 Å². The van der Waals surface area contributed by atoms with Crippen LogP contribution in [0.5, 0.6) is 5.75 Å². The Morgan fingerprint density at radius 2 is 1.80 bits per heavy atom. The van der Waals surface area contributed by atoms with Crippen molar-refractivity contribution in [2.24, 2.45) is 5.41 Å². The lowest BCUT2D eigenvalue weighted by molar-refractivity contribution is 0.188. The predicted molar refractivity (Wildman–Crippen MR) is 59.5 cm³/mol. The van der Waals surface area contributed by atoms with Crippen LogP contribution in [0.25, 0.3) is 0 Å². The van der Waals surface area contributed by atoms with E-state index >= 15 is 0 Å². The zero-order valence-corrected chi connectivity index (χ0v) is 9.65. The van der Waals surface area contributed by atoms with Gasteiger partial charge >= 0.3 is 0 Å². The second-order valence-corrected chi connectivity index (χ2v) is 4.48. The number of rotatable bonds is 4. The summed E-state index contributed by atoms with van der Waals surface area (Å²) >= 11 is 4.13. The van der Waals surface area contributed by atoms with Gasteiger partial charge in [0.15, 0.2) is 17.4 Å². The van der Waals surface area contributed by atoms with Gasteiger partial charge < -0.3 is 4.74 Å². The molecular formula is C11H14F2OS. The lowest BCUT2D eigenvalue weighted by Crippen LogP contribution is -2.23. The number of hydrogen-bond acceptors (Lipinski definition) is 2. The van der Waals surface area contributed by atoms with Crippen molar-refractivity contribution in [3.63, 3.8) is 0 Å². The van der Waals surface area contributed by atoms with Crippen molar-refractivity contribution in [2.75, 3.05) is 12.4 Å². The molecule has 0 fully saturated rings. The Balaban J connectivity index is 2.73. The number of para-hydroxylation sites is 1. The van der Waals surface area contributed by atoms with Crippen LogP contribution in [0.4, 0.5) is 8.78 Å². The smallest absolute Gasteiger partial charge is 0.190 e. The van der Waals surface area contributed by atoms with E-state index in [1.54, 1.807) is 0 Å². The second kappa shape index (κ2) is 4.84. The van der Waals surface area contributed by atoms with E-state index in [9.17, 15) is 8.78 Å². The second-order valence-electron chi connectivity index (χ2n) is 4.16. The van der Waals surface area contributed by atoms with E-state index < -0.39 is 11.6 Å². The molecule has 1 rings (SSSR count). The van der Waals surface area contributed by atoms with Crippen LogP contribution in [-0.4, -0.2) is 12.4 Å². The van der Waals surface area contributed by atoms with Gasteiger partial charge in [0.2, 0.25) is 0 Å². The van der Waals surface area contributed by atoms with Crippen molar-refractivity contribution in [2.45, 2.75) is 13.8 Å². The molecule has 0 aromatic heterocycles. The molecule has 0 atom stereocenters. The Morgan fingerprint density at radius 1 is 1.27 bits per heavy atom. The van der Waals surface area contributed by atoms with Gasteiger partial charge in [-0.1, -0.05) is 19.9 Å². The third-order valence-electron chi connectivity index (χ3n) is 1.95. The molecule has 0 spiro atoms. The number of ether oxygens (including phenoxy) is 1. The van der Waals surface area contributed by atoms with E-state index in [1.807, 2.05) is 13.8 Å². The maximum Gasteiger partial charge on any atom is 0.190 e. The van der Waals surface area contributed by atoms with Gasteiger partial charge in [-0.25, -0.2) is 8.78 Å². The van der Waals surface area contributed by atoms with Crippen molar-refractivity contribution >= 4 is 12.6 Å². The fraction of sp³-hybridized carbons (Fsp3) is 0.455. The van der Waals surface area contributed by atoms with E-state index in [4.69, 9.17) is 4.74 Å². The molecular weight excluding hydrogens is 218 g/mol. The highest BCUT2D eigenvalue weighted by Gasteiger charge is 2.19. The minimum Gasteiger partial charge on any atom is -0.487 e. The number of thiol groups is 1. The van der Waals surface area contributed by atoms with Gasteiger partial charge in [-0.3, -0.25) is 0 Å². The summed E-state index contributed by atoms with van der Waals surface area (Å²) in [5, 5.41) is 0. The van der Waals surface area contributed by atoms with Gasteiger partial charge in [0.1, 0.15) is 0 Å². The van der Waals surface area contributed by atoms with E-state index in [1.165, 1.54) is 18.2 Å². The molecule has 0 heterocycles. The summed E-state index contributed by atoms with van der Waals surface area (Å²) in [5.74, 6) is -1.08. The van der Waals surface area contributed by atoms with Crippen LogP contribution in [-0.2, 0) is 0 Å². The Labute approximate surface area is 93.9 Å². The highest BCUT2D eigenvalue weighted by Crippen LogP contribution is 2.24. The molecule has 0 bridgehead atoms. The maximum absolute atomic E-state index is 13.1. The normalized spacial score (nSPS) is 11.5. The zero-order chi connectivity index (χ0) is 11.5. The summed E-state index contributed by atoms with van der Waals surface area (Å²) < 4.78 is 31.4. The number of benzene rings is 1. The maximum atomic E-state index is 13.1. The lowest BCUT2D eigenvalue weighted by atomic mass is 9.98. The molecule has 1 aromatic rings. The molecule has 0 aliphatic rings. The number of hydrogen-bond donors (Lipinski definition) is 1. The highest BCUT2D eigenvalue weighted by molar-refractivity contribution is 7.80. The van der Waals surface area contributed by atoms with Gasteiger partial charge in [-0.2, -0.15) is 12.6 Å². The average molecular weight is 232 g/mol. The van der Waals surface area contributed by atoms with Gasteiger partial charge in [0, 0.05) is 5.41 Å². The molecule has 1 nitrogen and oxygen atoms in total. The summed E-state index contributed by atoms with van der Waals surface area (Å²) in [4.78, 5) is 0. The van der Waals surface area contributed by atoms with Crippen LogP contribution in [0, 0.1) is 17.0 Å². The first-order valence-electron chi connectivity index (χ1n) is 4.64. The minimum absolute atomic E-state index is 0.210. The lowest BCUT2D eigenvalue weighted by Gasteiger charge is -2.22. The largest absolute Gasteiger partial charge is 0.487 e. The summed E-state index contributed by atoms with van der Waals surface area (Å²) in [6.07, 6.45) is 0. The van der Waals surface area contributed by atoms with E-state index in [0.717, 1.165) is 0 Å². The third kappa shape index (κ3) is 3.38. The molecule has 84 valence electrons. The predicted octanol–water partition coefficient (Wildman–Crippen LogP) is 3.30. The molecule has 15 heavy (non-hydrogen) atoms. The molecule has 0 radical (unpaired) electrons. The van der Waals surface area contributed by atoms with Crippen molar-refractivity contribution in [3.05, 3.63) is 29.8 Å². The molecule has 0 N–H and O–H groups in total. The van der Waals surface area contributed by atoms with Crippen LogP contribution in [0.3, 0.4) is 0 Å². The fourth-order valence-corrected chi connectivity index (χ4v) is 1.02. The monoisotopic (exact) mass is 232 g/mol. The SMILES string of the molecule is CC(C)(CS)COc1c(F)cccc1F. The summed E-state index contributed by atoms with van der Waals surface area (Å²) in [6.45, 7) is 4.06. The Morgan fingerprint density at radius 3 is 2.27 bits per heavy atom. The van der Waals surface area contributed by atoms with Crippen molar-refractivity contribution in [1.82, 2.24) is 0 Å². The molecule has 1 aromatic carbocycles. The third-order valence-corrected chi connectivity index (χ3v) is 2.81. The zero-order valence-electron chi connectivity index (χ0n) is 8.76. The van der Waals surface area contributed by atoms with Crippen LogP contribution in [0.1, 0.15) is 13.8 Å². The molecule has 0 aliphatic carbocycles. The van der Waals surface area contributed by atoms with Crippen LogP contribution in [0.15, 0.2) is 18.2 Å². The molecule has 0 aliphatic heterocycles. The highest BCUT2D eigenvalue weighted by atomic mass is 32.1.